The molecular formula is C13H18ClFN2O+. The first kappa shape index (κ1) is 13.6. The van der Waals surface area contributed by atoms with Gasteiger partial charge in [0.1, 0.15) is 25.3 Å². The van der Waals surface area contributed by atoms with Crippen molar-refractivity contribution in [2.45, 2.75) is 6.42 Å². The Hall–Kier alpha value is -0.840. The van der Waals surface area contributed by atoms with Crippen molar-refractivity contribution >= 4 is 17.3 Å². The van der Waals surface area contributed by atoms with E-state index in [1.54, 1.807) is 12.1 Å². The molecule has 0 amide bonds. The van der Waals surface area contributed by atoms with Crippen molar-refractivity contribution in [2.75, 3.05) is 38.3 Å². The van der Waals surface area contributed by atoms with Gasteiger partial charge < -0.3 is 4.74 Å². The summed E-state index contributed by atoms with van der Waals surface area (Å²) in [7, 11) is 0. The van der Waals surface area contributed by atoms with Gasteiger partial charge in [0.2, 0.25) is 0 Å². The number of hydrogen-bond acceptors (Lipinski definition) is 2. The van der Waals surface area contributed by atoms with Crippen LogP contribution in [0, 0.1) is 12.7 Å². The van der Waals surface area contributed by atoms with Crippen LogP contribution >= 0.6 is 11.6 Å². The van der Waals surface area contributed by atoms with Gasteiger partial charge in [0.15, 0.2) is 5.82 Å². The number of nitrogens with one attached hydrogen (secondary N) is 1. The average Bonchev–Trinajstić information content (AvgIpc) is 2.34. The van der Waals surface area contributed by atoms with Gasteiger partial charge in [-0.05, 0) is 31.5 Å². The molecule has 0 unspecified atom stereocenters. The monoisotopic (exact) mass is 272 g/mol. The molecule has 1 fully saturated rings. The van der Waals surface area contributed by atoms with Crippen LogP contribution in [-0.2, 0) is 4.74 Å². The minimum atomic E-state index is -0.324. The number of quaternary nitrogens is 1. The van der Waals surface area contributed by atoms with Gasteiger partial charge in [-0.25, -0.2) is 14.4 Å². The summed E-state index contributed by atoms with van der Waals surface area (Å²) >= 11 is 5.75. The van der Waals surface area contributed by atoms with Crippen molar-refractivity contribution in [3.8, 4) is 0 Å². The van der Waals surface area contributed by atoms with Gasteiger partial charge in [-0.1, -0.05) is 11.6 Å². The summed E-state index contributed by atoms with van der Waals surface area (Å²) in [6.45, 7) is 7.74. The highest BCUT2D eigenvalue weighted by molar-refractivity contribution is 6.30. The Balaban J connectivity index is 2.17. The molecule has 1 radical (unpaired) electrons. The van der Waals surface area contributed by atoms with Gasteiger partial charge >= 0.3 is 0 Å². The van der Waals surface area contributed by atoms with Crippen molar-refractivity contribution in [3.63, 3.8) is 0 Å². The summed E-state index contributed by atoms with van der Waals surface area (Å²) < 4.78 is 19.8. The molecule has 1 aromatic carbocycles. The molecule has 0 bridgehead atoms. The Labute approximate surface area is 112 Å². The van der Waals surface area contributed by atoms with Crippen LogP contribution in [0.15, 0.2) is 18.2 Å². The molecule has 18 heavy (non-hydrogen) atoms. The predicted octanol–water partition coefficient (Wildman–Crippen LogP) is 2.88. The number of halogens is 2. The molecule has 0 aliphatic carbocycles. The van der Waals surface area contributed by atoms with E-state index in [2.05, 4.69) is 12.3 Å². The van der Waals surface area contributed by atoms with E-state index in [1.807, 2.05) is 0 Å². The summed E-state index contributed by atoms with van der Waals surface area (Å²) in [5.74, 6) is -0.324. The van der Waals surface area contributed by atoms with E-state index in [0.717, 1.165) is 26.1 Å². The number of ether oxygens (including phenoxy) is 1. The molecule has 1 saturated heterocycles. The summed E-state index contributed by atoms with van der Waals surface area (Å²) in [6.07, 6.45) is 0.794. The zero-order valence-electron chi connectivity index (χ0n) is 10.3. The van der Waals surface area contributed by atoms with Gasteiger partial charge in [0, 0.05) is 5.02 Å². The van der Waals surface area contributed by atoms with Gasteiger partial charge in [-0.3, -0.25) is 0 Å². The largest absolute Gasteiger partial charge is 0.370 e. The van der Waals surface area contributed by atoms with Crippen LogP contribution in [0.5, 0.6) is 0 Å². The van der Waals surface area contributed by atoms with E-state index in [-0.39, 0.29) is 5.82 Å². The predicted molar refractivity (Wildman–Crippen MR) is 70.7 cm³/mol. The minimum Gasteiger partial charge on any atom is -0.370 e. The van der Waals surface area contributed by atoms with Crippen molar-refractivity contribution in [1.82, 2.24) is 0 Å². The van der Waals surface area contributed by atoms with Gasteiger partial charge in [-0.15, -0.1) is 0 Å². The van der Waals surface area contributed by atoms with E-state index >= 15 is 0 Å². The summed E-state index contributed by atoms with van der Waals surface area (Å²) in [4.78, 5) is 0. The quantitative estimate of drug-likeness (QED) is 0.851. The summed E-state index contributed by atoms with van der Waals surface area (Å²) in [6, 6.07) is 4.69. The minimum absolute atomic E-state index is 0.324. The lowest BCUT2D eigenvalue weighted by Crippen LogP contribution is -2.59. The van der Waals surface area contributed by atoms with Crippen molar-refractivity contribution in [3.05, 3.63) is 36.0 Å². The fourth-order valence-electron chi connectivity index (χ4n) is 2.22. The molecule has 1 aliphatic heterocycles. The second-order valence-electron chi connectivity index (χ2n) is 4.52. The molecule has 5 heteroatoms. The molecule has 2 rings (SSSR count). The van der Waals surface area contributed by atoms with E-state index < -0.39 is 0 Å². The van der Waals surface area contributed by atoms with E-state index in [1.165, 1.54) is 6.07 Å². The third-order valence-corrected chi connectivity index (χ3v) is 3.44. The Morgan fingerprint density at radius 2 is 2.11 bits per heavy atom. The fourth-order valence-corrected chi connectivity index (χ4v) is 2.38. The third-order valence-electron chi connectivity index (χ3n) is 3.20. The molecule has 1 N–H and O–H groups in total. The number of morpholine rings is 1. The van der Waals surface area contributed by atoms with Gasteiger partial charge in [0.25, 0.3) is 0 Å². The standard InChI is InChI=1S/C13H18ClFN2O/c1-2-5-17(6-8-18-9-7-17)16-13-4-3-11(14)10-12(13)15/h3-4,10,16H,1-2,5-9H2/q+1. The maximum Gasteiger partial charge on any atom is 0.152 e. The molecule has 0 aromatic heterocycles. The Bertz CT molecular complexity index is 402. The molecule has 3 nitrogen and oxygen atoms in total. The fraction of sp³-hybridized carbons (Fsp3) is 0.462. The molecule has 0 spiro atoms. The Morgan fingerprint density at radius 1 is 1.39 bits per heavy atom. The molecule has 99 valence electrons. The van der Waals surface area contributed by atoms with Crippen molar-refractivity contribution in [2.24, 2.45) is 0 Å². The first-order chi connectivity index (χ1) is 8.65. The summed E-state index contributed by atoms with van der Waals surface area (Å²) in [5, 5.41) is 0.406. The maximum atomic E-state index is 13.8. The normalized spacial score (nSPS) is 18.6. The zero-order chi connectivity index (χ0) is 13.0. The van der Waals surface area contributed by atoms with Crippen LogP contribution in [0.3, 0.4) is 0 Å². The first-order valence-corrected chi connectivity index (χ1v) is 6.49. The molecule has 1 aromatic rings. The Morgan fingerprint density at radius 3 is 2.72 bits per heavy atom. The lowest BCUT2D eigenvalue weighted by Gasteiger charge is -2.40. The molecule has 1 heterocycles. The van der Waals surface area contributed by atoms with Crippen LogP contribution in [-0.4, -0.2) is 37.4 Å². The van der Waals surface area contributed by atoms with Gasteiger partial charge in [-0.2, -0.15) is 0 Å². The number of nitrogens with zero attached hydrogens (tertiary/aromatic N) is 1. The number of benzene rings is 1. The van der Waals surface area contributed by atoms with Crippen LogP contribution in [0.25, 0.3) is 0 Å². The topological polar surface area (TPSA) is 21.3 Å². The lowest BCUT2D eigenvalue weighted by atomic mass is 10.3. The number of anilines is 1. The van der Waals surface area contributed by atoms with E-state index in [9.17, 15) is 4.39 Å². The van der Waals surface area contributed by atoms with Gasteiger partial charge in [0.05, 0.1) is 13.2 Å². The maximum absolute atomic E-state index is 13.8. The average molecular weight is 273 g/mol. The van der Waals surface area contributed by atoms with Crippen LogP contribution in [0.4, 0.5) is 10.1 Å². The highest BCUT2D eigenvalue weighted by atomic mass is 35.5. The third kappa shape index (κ3) is 3.13. The number of hydrogen-bond donors (Lipinski definition) is 1. The highest BCUT2D eigenvalue weighted by Crippen LogP contribution is 2.23. The zero-order valence-corrected chi connectivity index (χ0v) is 11.0. The molecule has 0 saturated carbocycles. The van der Waals surface area contributed by atoms with Crippen molar-refractivity contribution < 1.29 is 13.7 Å². The Kier molecular flexibility index (Phi) is 4.43. The van der Waals surface area contributed by atoms with Crippen LogP contribution < -0.4 is 5.43 Å². The second-order valence-corrected chi connectivity index (χ2v) is 4.95. The summed E-state index contributed by atoms with van der Waals surface area (Å²) in [5.41, 5.74) is 3.76. The van der Waals surface area contributed by atoms with Crippen LogP contribution in [0.1, 0.15) is 6.42 Å². The van der Waals surface area contributed by atoms with Crippen LogP contribution in [0.2, 0.25) is 5.02 Å². The highest BCUT2D eigenvalue weighted by Gasteiger charge is 2.31. The smallest absolute Gasteiger partial charge is 0.152 e. The number of rotatable bonds is 4. The second kappa shape index (κ2) is 5.87. The molecule has 1 aliphatic rings. The van der Waals surface area contributed by atoms with Crippen molar-refractivity contribution in [1.29, 1.82) is 0 Å². The SMILES string of the molecule is [CH2]CC[N+]1(Nc2ccc(Cl)cc2F)CCOCC1. The lowest BCUT2D eigenvalue weighted by molar-refractivity contribution is -0.914. The first-order valence-electron chi connectivity index (χ1n) is 6.12. The van der Waals surface area contributed by atoms with E-state index in [0.29, 0.717) is 28.5 Å². The van der Waals surface area contributed by atoms with E-state index in [4.69, 9.17) is 16.3 Å². The molecular weight excluding hydrogens is 255 g/mol. The molecule has 0 atom stereocenters.